The Morgan fingerprint density at radius 3 is 2.93 bits per heavy atom. The van der Waals surface area contributed by atoms with E-state index in [2.05, 4.69) is 10.2 Å². The van der Waals surface area contributed by atoms with Gasteiger partial charge in [0.2, 0.25) is 15.9 Å². The highest BCUT2D eigenvalue weighted by atomic mass is 32.2. The summed E-state index contributed by atoms with van der Waals surface area (Å²) in [5, 5.41) is 10.2. The maximum atomic E-state index is 13.0. The Morgan fingerprint density at radius 2 is 2.15 bits per heavy atom. The van der Waals surface area contributed by atoms with Crippen molar-refractivity contribution in [2.24, 2.45) is 0 Å². The van der Waals surface area contributed by atoms with Crippen molar-refractivity contribution in [1.29, 1.82) is 0 Å². The quantitative estimate of drug-likeness (QED) is 0.647. The van der Waals surface area contributed by atoms with Crippen LogP contribution in [-0.2, 0) is 10.0 Å². The fourth-order valence-electron chi connectivity index (χ4n) is 3.17. The first-order valence-corrected chi connectivity index (χ1v) is 10.9. The van der Waals surface area contributed by atoms with Gasteiger partial charge in [-0.25, -0.2) is 8.42 Å². The summed E-state index contributed by atoms with van der Waals surface area (Å²) in [5.74, 6) is 1.37. The minimum Gasteiger partial charge on any atom is -0.497 e. The Kier molecular flexibility index (Phi) is 4.98. The summed E-state index contributed by atoms with van der Waals surface area (Å²) in [6, 6.07) is 10.4. The highest BCUT2D eigenvalue weighted by Crippen LogP contribution is 2.32. The molecule has 1 aliphatic heterocycles. The standard InChI is InChI=1S/C18H19N3O4S2/c1-24-14-6-2-7-15(11-14)27(22,23)21-9-3-5-13(12-21)17-19-20-18(25-17)16-8-4-10-26-16/h2,4,6-8,10-11,13H,3,5,9,12H2,1H3. The third kappa shape index (κ3) is 3.62. The van der Waals surface area contributed by atoms with Crippen LogP contribution in [0.2, 0.25) is 0 Å². The molecule has 3 heterocycles. The van der Waals surface area contributed by atoms with Crippen molar-refractivity contribution < 1.29 is 17.6 Å². The van der Waals surface area contributed by atoms with Crippen molar-refractivity contribution >= 4 is 21.4 Å². The molecule has 3 aromatic rings. The Morgan fingerprint density at radius 1 is 1.26 bits per heavy atom. The molecule has 1 atom stereocenters. The first kappa shape index (κ1) is 18.1. The van der Waals surface area contributed by atoms with E-state index in [9.17, 15) is 8.42 Å². The Balaban J connectivity index is 1.55. The van der Waals surface area contributed by atoms with Gasteiger partial charge in [-0.3, -0.25) is 0 Å². The van der Waals surface area contributed by atoms with Crippen molar-refractivity contribution in [1.82, 2.24) is 14.5 Å². The van der Waals surface area contributed by atoms with E-state index in [1.807, 2.05) is 17.5 Å². The average Bonchev–Trinajstić information content (AvgIpc) is 3.40. The summed E-state index contributed by atoms with van der Waals surface area (Å²) in [5.41, 5.74) is 0. The largest absolute Gasteiger partial charge is 0.497 e. The highest BCUT2D eigenvalue weighted by molar-refractivity contribution is 7.89. The number of hydrogen-bond acceptors (Lipinski definition) is 7. The zero-order valence-electron chi connectivity index (χ0n) is 14.7. The van der Waals surface area contributed by atoms with E-state index >= 15 is 0 Å². The molecule has 0 spiro atoms. The summed E-state index contributed by atoms with van der Waals surface area (Å²) < 4.78 is 38.5. The molecular weight excluding hydrogens is 386 g/mol. The zero-order valence-corrected chi connectivity index (χ0v) is 16.4. The molecule has 1 aromatic carbocycles. The molecule has 0 N–H and O–H groups in total. The van der Waals surface area contributed by atoms with Crippen molar-refractivity contribution in [3.8, 4) is 16.5 Å². The van der Waals surface area contributed by atoms with Crippen LogP contribution in [0.25, 0.3) is 10.8 Å². The lowest BCUT2D eigenvalue weighted by molar-refractivity contribution is 0.286. The van der Waals surface area contributed by atoms with Crippen LogP contribution in [-0.4, -0.2) is 43.1 Å². The smallest absolute Gasteiger partial charge is 0.257 e. The average molecular weight is 406 g/mol. The van der Waals surface area contributed by atoms with Crippen LogP contribution in [0.15, 0.2) is 51.1 Å². The van der Waals surface area contributed by atoms with Gasteiger partial charge < -0.3 is 9.15 Å². The number of ether oxygens (including phenoxy) is 1. The maximum Gasteiger partial charge on any atom is 0.257 e. The molecule has 0 amide bonds. The number of aromatic nitrogens is 2. The zero-order chi connectivity index (χ0) is 18.9. The first-order valence-electron chi connectivity index (χ1n) is 8.59. The third-order valence-electron chi connectivity index (χ3n) is 4.58. The fourth-order valence-corrected chi connectivity index (χ4v) is 5.38. The molecule has 7 nitrogen and oxygen atoms in total. The molecule has 4 rings (SSSR count). The molecule has 0 aliphatic carbocycles. The number of nitrogens with zero attached hydrogens (tertiary/aromatic N) is 3. The molecule has 142 valence electrons. The summed E-state index contributed by atoms with van der Waals surface area (Å²) in [6.07, 6.45) is 1.56. The van der Waals surface area contributed by atoms with E-state index in [4.69, 9.17) is 9.15 Å². The van der Waals surface area contributed by atoms with Crippen molar-refractivity contribution in [3.05, 3.63) is 47.7 Å². The van der Waals surface area contributed by atoms with Crippen molar-refractivity contribution in [3.63, 3.8) is 0 Å². The number of benzene rings is 1. The first-order chi connectivity index (χ1) is 13.1. The molecule has 0 radical (unpaired) electrons. The van der Waals surface area contributed by atoms with Crippen LogP contribution in [0.3, 0.4) is 0 Å². The number of thiophene rings is 1. The Labute approximate surface area is 161 Å². The normalized spacial score (nSPS) is 18.5. The topological polar surface area (TPSA) is 85.5 Å². The molecule has 0 saturated carbocycles. The van der Waals surface area contributed by atoms with Gasteiger partial charge in [0.15, 0.2) is 0 Å². The number of sulfonamides is 1. The lowest BCUT2D eigenvalue weighted by atomic mass is 10.00. The lowest BCUT2D eigenvalue weighted by Gasteiger charge is -2.30. The Bertz CT molecular complexity index is 1010. The van der Waals surface area contributed by atoms with E-state index in [-0.39, 0.29) is 10.8 Å². The summed E-state index contributed by atoms with van der Waals surface area (Å²) in [7, 11) is -2.09. The highest BCUT2D eigenvalue weighted by Gasteiger charge is 2.33. The van der Waals surface area contributed by atoms with Crippen LogP contribution in [0.4, 0.5) is 0 Å². The molecule has 1 fully saturated rings. The predicted molar refractivity (Wildman–Crippen MR) is 101 cm³/mol. The minimum absolute atomic E-state index is 0.111. The lowest BCUT2D eigenvalue weighted by Crippen LogP contribution is -2.39. The number of methoxy groups -OCH3 is 1. The van der Waals surface area contributed by atoms with Crippen LogP contribution in [0, 0.1) is 0 Å². The van der Waals surface area contributed by atoms with Crippen molar-refractivity contribution in [2.75, 3.05) is 20.2 Å². The van der Waals surface area contributed by atoms with Gasteiger partial charge in [-0.1, -0.05) is 12.1 Å². The maximum absolute atomic E-state index is 13.0. The molecule has 27 heavy (non-hydrogen) atoms. The molecule has 1 aliphatic rings. The molecular formula is C18H19N3O4S2. The van der Waals surface area contributed by atoms with Gasteiger partial charge in [0.25, 0.3) is 5.89 Å². The van der Waals surface area contributed by atoms with E-state index in [1.165, 1.54) is 22.8 Å². The fraction of sp³-hybridized carbons (Fsp3) is 0.333. The van der Waals surface area contributed by atoms with Gasteiger partial charge >= 0.3 is 0 Å². The van der Waals surface area contributed by atoms with Gasteiger partial charge in [0.1, 0.15) is 5.75 Å². The Hall–Kier alpha value is -2.23. The number of rotatable bonds is 5. The molecule has 0 bridgehead atoms. The SMILES string of the molecule is COc1cccc(S(=O)(=O)N2CCCC(c3nnc(-c4cccs4)o3)C2)c1. The van der Waals surface area contributed by atoms with Gasteiger partial charge in [0, 0.05) is 19.2 Å². The van der Waals surface area contributed by atoms with Gasteiger partial charge in [0.05, 0.1) is 22.8 Å². The summed E-state index contributed by atoms with van der Waals surface area (Å²) in [4.78, 5) is 1.14. The van der Waals surface area contributed by atoms with E-state index in [1.54, 1.807) is 24.3 Å². The monoisotopic (exact) mass is 405 g/mol. The molecule has 9 heteroatoms. The van der Waals surface area contributed by atoms with E-state index in [0.717, 1.165) is 17.7 Å². The van der Waals surface area contributed by atoms with Gasteiger partial charge in [-0.05, 0) is 36.4 Å². The van der Waals surface area contributed by atoms with Gasteiger partial charge in [-0.2, -0.15) is 4.31 Å². The molecule has 1 saturated heterocycles. The second kappa shape index (κ2) is 7.41. The number of piperidine rings is 1. The second-order valence-corrected chi connectivity index (χ2v) is 9.19. The van der Waals surface area contributed by atoms with Crippen LogP contribution in [0.5, 0.6) is 5.75 Å². The predicted octanol–water partition coefficient (Wildman–Crippen LogP) is 3.38. The van der Waals surface area contributed by atoms with E-state index in [0.29, 0.717) is 30.6 Å². The van der Waals surface area contributed by atoms with Crippen LogP contribution in [0.1, 0.15) is 24.7 Å². The third-order valence-corrected chi connectivity index (χ3v) is 7.30. The van der Waals surface area contributed by atoms with Crippen molar-refractivity contribution in [2.45, 2.75) is 23.7 Å². The summed E-state index contributed by atoms with van der Waals surface area (Å²) >= 11 is 1.53. The van der Waals surface area contributed by atoms with Crippen LogP contribution < -0.4 is 4.74 Å². The minimum atomic E-state index is -3.61. The molecule has 2 aromatic heterocycles. The van der Waals surface area contributed by atoms with Gasteiger partial charge in [-0.15, -0.1) is 21.5 Å². The van der Waals surface area contributed by atoms with E-state index < -0.39 is 10.0 Å². The summed E-state index contributed by atoms with van der Waals surface area (Å²) in [6.45, 7) is 0.799. The van der Waals surface area contributed by atoms with Crippen LogP contribution >= 0.6 is 11.3 Å². The second-order valence-electron chi connectivity index (χ2n) is 6.30. The number of hydrogen-bond donors (Lipinski definition) is 0. The molecule has 1 unspecified atom stereocenters.